The second kappa shape index (κ2) is 6.40. The van der Waals surface area contributed by atoms with E-state index in [2.05, 4.69) is 37.5 Å². The lowest BCUT2D eigenvalue weighted by molar-refractivity contribution is 0.407. The van der Waals surface area contributed by atoms with Gasteiger partial charge in [-0.3, -0.25) is 0 Å². The number of hydrogen-bond donors (Lipinski definition) is 2. The Balaban J connectivity index is 1.99. The summed E-state index contributed by atoms with van der Waals surface area (Å²) < 4.78 is 5.47. The van der Waals surface area contributed by atoms with Gasteiger partial charge in [-0.15, -0.1) is 0 Å². The molecule has 1 saturated heterocycles. The summed E-state index contributed by atoms with van der Waals surface area (Å²) in [4.78, 5) is 0. The molecular formula is C16H26N2O. The molecule has 0 spiro atoms. The van der Waals surface area contributed by atoms with Gasteiger partial charge in [0.15, 0.2) is 0 Å². The molecule has 1 aromatic rings. The van der Waals surface area contributed by atoms with Crippen molar-refractivity contribution in [1.82, 2.24) is 10.6 Å². The molecule has 0 aliphatic carbocycles. The van der Waals surface area contributed by atoms with Crippen LogP contribution in [0.2, 0.25) is 0 Å². The number of rotatable bonds is 5. The molecule has 19 heavy (non-hydrogen) atoms. The van der Waals surface area contributed by atoms with E-state index < -0.39 is 0 Å². The zero-order chi connectivity index (χ0) is 13.8. The van der Waals surface area contributed by atoms with Crippen LogP contribution < -0.4 is 15.4 Å². The van der Waals surface area contributed by atoms with Crippen molar-refractivity contribution >= 4 is 0 Å². The van der Waals surface area contributed by atoms with Crippen LogP contribution in [0.5, 0.6) is 5.75 Å². The summed E-state index contributed by atoms with van der Waals surface area (Å²) in [6, 6.07) is 2.90. The number of nitrogens with one attached hydrogen (secondary N) is 2. The average molecular weight is 262 g/mol. The molecule has 1 heterocycles. The van der Waals surface area contributed by atoms with Crippen LogP contribution in [-0.4, -0.2) is 26.2 Å². The lowest BCUT2D eigenvalue weighted by atomic mass is 9.98. The fourth-order valence-electron chi connectivity index (χ4n) is 2.95. The SMILES string of the molecule is COc1c(C)cc(CNCC2CCCN2)c(C)c1C. The highest BCUT2D eigenvalue weighted by Gasteiger charge is 2.14. The summed E-state index contributed by atoms with van der Waals surface area (Å²) in [5.41, 5.74) is 5.21. The maximum atomic E-state index is 5.47. The molecule has 0 aromatic heterocycles. The van der Waals surface area contributed by atoms with Crippen LogP contribution in [0.3, 0.4) is 0 Å². The molecular weight excluding hydrogens is 236 g/mol. The molecule has 1 aromatic carbocycles. The van der Waals surface area contributed by atoms with Crippen LogP contribution in [0.15, 0.2) is 6.07 Å². The fourth-order valence-corrected chi connectivity index (χ4v) is 2.95. The van der Waals surface area contributed by atoms with E-state index in [1.165, 1.54) is 41.6 Å². The first-order valence-corrected chi connectivity index (χ1v) is 7.21. The molecule has 3 nitrogen and oxygen atoms in total. The van der Waals surface area contributed by atoms with E-state index in [9.17, 15) is 0 Å². The molecule has 1 unspecified atom stereocenters. The van der Waals surface area contributed by atoms with Crippen LogP contribution in [0.4, 0.5) is 0 Å². The lowest BCUT2D eigenvalue weighted by Gasteiger charge is -2.17. The molecule has 1 atom stereocenters. The van der Waals surface area contributed by atoms with Gasteiger partial charge in [0.05, 0.1) is 7.11 Å². The summed E-state index contributed by atoms with van der Waals surface area (Å²) in [6.45, 7) is 9.62. The maximum Gasteiger partial charge on any atom is 0.124 e. The maximum absolute atomic E-state index is 5.47. The highest BCUT2D eigenvalue weighted by Crippen LogP contribution is 2.28. The summed E-state index contributed by atoms with van der Waals surface area (Å²) in [6.07, 6.45) is 2.61. The van der Waals surface area contributed by atoms with Gasteiger partial charge in [-0.1, -0.05) is 6.07 Å². The Morgan fingerprint density at radius 3 is 2.74 bits per heavy atom. The first kappa shape index (κ1) is 14.4. The van der Waals surface area contributed by atoms with Gasteiger partial charge in [-0.2, -0.15) is 0 Å². The smallest absolute Gasteiger partial charge is 0.124 e. The zero-order valence-electron chi connectivity index (χ0n) is 12.6. The molecule has 106 valence electrons. The van der Waals surface area contributed by atoms with Gasteiger partial charge in [0.1, 0.15) is 5.75 Å². The van der Waals surface area contributed by atoms with Crippen molar-refractivity contribution in [3.05, 3.63) is 28.3 Å². The van der Waals surface area contributed by atoms with Gasteiger partial charge in [0.25, 0.3) is 0 Å². The predicted octanol–water partition coefficient (Wildman–Crippen LogP) is 2.46. The first-order chi connectivity index (χ1) is 9.13. The lowest BCUT2D eigenvalue weighted by Crippen LogP contribution is -2.33. The monoisotopic (exact) mass is 262 g/mol. The number of hydrogen-bond acceptors (Lipinski definition) is 3. The number of ether oxygens (including phenoxy) is 1. The van der Waals surface area contributed by atoms with E-state index in [1.807, 2.05) is 0 Å². The van der Waals surface area contributed by atoms with Crippen LogP contribution in [0.25, 0.3) is 0 Å². The molecule has 1 fully saturated rings. The molecule has 0 bridgehead atoms. The zero-order valence-corrected chi connectivity index (χ0v) is 12.6. The van der Waals surface area contributed by atoms with E-state index in [-0.39, 0.29) is 0 Å². The number of aryl methyl sites for hydroxylation is 1. The highest BCUT2D eigenvalue weighted by molar-refractivity contribution is 5.48. The Morgan fingerprint density at radius 2 is 2.11 bits per heavy atom. The van der Waals surface area contributed by atoms with E-state index in [0.717, 1.165) is 18.8 Å². The van der Waals surface area contributed by atoms with Crippen LogP contribution in [0, 0.1) is 20.8 Å². The van der Waals surface area contributed by atoms with E-state index >= 15 is 0 Å². The summed E-state index contributed by atoms with van der Waals surface area (Å²) in [5, 5.41) is 7.09. The quantitative estimate of drug-likeness (QED) is 0.855. The summed E-state index contributed by atoms with van der Waals surface area (Å²) in [7, 11) is 1.75. The van der Waals surface area contributed by atoms with Crippen molar-refractivity contribution < 1.29 is 4.74 Å². The number of methoxy groups -OCH3 is 1. The van der Waals surface area contributed by atoms with E-state index in [1.54, 1.807) is 7.11 Å². The minimum Gasteiger partial charge on any atom is -0.496 e. The van der Waals surface area contributed by atoms with Crippen molar-refractivity contribution in [2.24, 2.45) is 0 Å². The van der Waals surface area contributed by atoms with Gasteiger partial charge in [-0.05, 0) is 62.4 Å². The van der Waals surface area contributed by atoms with Gasteiger partial charge >= 0.3 is 0 Å². The van der Waals surface area contributed by atoms with Crippen molar-refractivity contribution in [3.8, 4) is 5.75 Å². The minimum absolute atomic E-state index is 0.653. The molecule has 0 radical (unpaired) electrons. The van der Waals surface area contributed by atoms with E-state index in [4.69, 9.17) is 4.74 Å². The topological polar surface area (TPSA) is 33.3 Å². The Bertz CT molecular complexity index is 437. The third kappa shape index (κ3) is 3.28. The normalized spacial score (nSPS) is 18.8. The summed E-state index contributed by atoms with van der Waals surface area (Å²) >= 11 is 0. The van der Waals surface area contributed by atoms with Crippen molar-refractivity contribution in [2.75, 3.05) is 20.2 Å². The molecule has 2 N–H and O–H groups in total. The first-order valence-electron chi connectivity index (χ1n) is 7.21. The van der Waals surface area contributed by atoms with E-state index in [0.29, 0.717) is 6.04 Å². The second-order valence-corrected chi connectivity index (χ2v) is 5.56. The van der Waals surface area contributed by atoms with Crippen molar-refractivity contribution in [1.29, 1.82) is 0 Å². The average Bonchev–Trinajstić information content (AvgIpc) is 2.89. The van der Waals surface area contributed by atoms with Gasteiger partial charge in [-0.25, -0.2) is 0 Å². The fraction of sp³-hybridized carbons (Fsp3) is 0.625. The molecule has 1 aliphatic heterocycles. The Hall–Kier alpha value is -1.06. The second-order valence-electron chi connectivity index (χ2n) is 5.56. The molecule has 3 heteroatoms. The van der Waals surface area contributed by atoms with Crippen molar-refractivity contribution in [2.45, 2.75) is 46.2 Å². The molecule has 2 rings (SSSR count). The van der Waals surface area contributed by atoms with Crippen LogP contribution in [-0.2, 0) is 6.54 Å². The Kier molecular flexibility index (Phi) is 4.83. The minimum atomic E-state index is 0.653. The third-order valence-electron chi connectivity index (χ3n) is 4.21. The van der Waals surface area contributed by atoms with Crippen LogP contribution >= 0.6 is 0 Å². The predicted molar refractivity (Wildman–Crippen MR) is 79.9 cm³/mol. The highest BCUT2D eigenvalue weighted by atomic mass is 16.5. The standard InChI is InChI=1S/C16H26N2O/c1-11-8-14(12(2)13(3)16(11)19-4)9-17-10-15-6-5-7-18-15/h8,15,17-18H,5-7,9-10H2,1-4H3. The Labute approximate surface area is 116 Å². The van der Waals surface area contributed by atoms with Gasteiger partial charge in [0.2, 0.25) is 0 Å². The molecule has 0 saturated carbocycles. The summed E-state index contributed by atoms with van der Waals surface area (Å²) in [5.74, 6) is 1.03. The Morgan fingerprint density at radius 1 is 1.32 bits per heavy atom. The van der Waals surface area contributed by atoms with Gasteiger partial charge in [0, 0.05) is 19.1 Å². The van der Waals surface area contributed by atoms with Crippen LogP contribution in [0.1, 0.15) is 35.1 Å². The largest absolute Gasteiger partial charge is 0.496 e. The molecule has 0 amide bonds. The number of benzene rings is 1. The van der Waals surface area contributed by atoms with Crippen molar-refractivity contribution in [3.63, 3.8) is 0 Å². The van der Waals surface area contributed by atoms with Gasteiger partial charge < -0.3 is 15.4 Å². The molecule has 1 aliphatic rings. The third-order valence-corrected chi connectivity index (χ3v) is 4.21.